The van der Waals surface area contributed by atoms with Crippen LogP contribution in [0.4, 0.5) is 5.82 Å². The molecule has 2 aliphatic heterocycles. The van der Waals surface area contributed by atoms with E-state index in [0.717, 1.165) is 62.5 Å². The Labute approximate surface area is 180 Å². The van der Waals surface area contributed by atoms with Gasteiger partial charge in [0.25, 0.3) is 0 Å². The number of aryl methyl sites for hydroxylation is 1. The molecule has 0 saturated carbocycles. The van der Waals surface area contributed by atoms with Crippen molar-refractivity contribution < 1.29 is 5.11 Å². The fraction of sp³-hybridized carbons (Fsp3) is 0.500. The molecule has 9 heteroatoms. The van der Waals surface area contributed by atoms with E-state index in [0.29, 0.717) is 23.2 Å². The summed E-state index contributed by atoms with van der Waals surface area (Å²) in [4.78, 5) is 9.03. The van der Waals surface area contributed by atoms with Crippen LogP contribution in [0.2, 0.25) is 0 Å². The van der Waals surface area contributed by atoms with Crippen LogP contribution in [0.25, 0.3) is 5.65 Å². The number of β-amino-alcohol motifs (C(OH)–C–C–N with tert-alkyl or cyclic N) is 1. The highest BCUT2D eigenvalue weighted by molar-refractivity contribution is 5.45. The molecule has 5 heterocycles. The molecule has 0 radical (unpaired) electrons. The molecule has 2 aliphatic rings. The monoisotopic (exact) mass is 418 g/mol. The summed E-state index contributed by atoms with van der Waals surface area (Å²) in [6, 6.07) is 7.86. The number of piperidine rings is 1. The van der Waals surface area contributed by atoms with E-state index in [4.69, 9.17) is 5.26 Å². The normalized spacial score (nSPS) is 19.7. The summed E-state index contributed by atoms with van der Waals surface area (Å²) in [6.45, 7) is 6.44. The molecular formula is C22H26N8O. The SMILES string of the molecule is Cc1cc(C#N)cnc1C(O)CN1CCC2(CCN(c3ccc4nncn4n3)CC2)C1. The van der Waals surface area contributed by atoms with Gasteiger partial charge in [-0.2, -0.15) is 9.78 Å². The molecule has 0 bridgehead atoms. The standard InChI is InChI=1S/C22H26N8O/c1-16-10-17(11-23)12-24-21(16)18(31)13-28-7-4-22(14-28)5-8-29(9-6-22)20-3-2-19-26-25-15-30(19)27-20/h2-3,10,12,15,18,31H,4-9,13-14H2,1H3. The molecule has 0 aliphatic carbocycles. The topological polar surface area (TPSA) is 106 Å². The van der Waals surface area contributed by atoms with Crippen LogP contribution in [-0.4, -0.2) is 67.5 Å². The Morgan fingerprint density at radius 2 is 2.03 bits per heavy atom. The summed E-state index contributed by atoms with van der Waals surface area (Å²) >= 11 is 0. The second-order valence-corrected chi connectivity index (χ2v) is 8.85. The van der Waals surface area contributed by atoms with Crippen LogP contribution in [0.3, 0.4) is 0 Å². The summed E-state index contributed by atoms with van der Waals surface area (Å²) in [6.07, 6.45) is 5.94. The van der Waals surface area contributed by atoms with E-state index in [9.17, 15) is 5.11 Å². The zero-order valence-corrected chi connectivity index (χ0v) is 17.6. The summed E-state index contributed by atoms with van der Waals surface area (Å²) in [5.41, 5.74) is 3.13. The predicted molar refractivity (Wildman–Crippen MR) is 114 cm³/mol. The largest absolute Gasteiger partial charge is 0.385 e. The van der Waals surface area contributed by atoms with Gasteiger partial charge in [-0.15, -0.1) is 15.3 Å². The zero-order valence-electron chi connectivity index (χ0n) is 17.6. The van der Waals surface area contributed by atoms with E-state index < -0.39 is 6.10 Å². The third-order valence-corrected chi connectivity index (χ3v) is 6.81. The first-order chi connectivity index (χ1) is 15.0. The van der Waals surface area contributed by atoms with Crippen molar-refractivity contribution in [2.45, 2.75) is 32.3 Å². The molecule has 0 amide bonds. The molecule has 160 valence electrons. The maximum atomic E-state index is 10.8. The second-order valence-electron chi connectivity index (χ2n) is 8.85. The zero-order chi connectivity index (χ0) is 21.4. The number of aliphatic hydroxyl groups excluding tert-OH is 1. The van der Waals surface area contributed by atoms with Crippen molar-refractivity contribution in [3.05, 3.63) is 47.5 Å². The third kappa shape index (κ3) is 3.84. The first kappa shape index (κ1) is 19.8. The molecule has 1 N–H and O–H groups in total. The van der Waals surface area contributed by atoms with Gasteiger partial charge in [-0.3, -0.25) is 9.88 Å². The summed E-state index contributed by atoms with van der Waals surface area (Å²) in [5.74, 6) is 0.967. The number of fused-ring (bicyclic) bond motifs is 1. The molecule has 2 saturated heterocycles. The van der Waals surface area contributed by atoms with Crippen molar-refractivity contribution >= 4 is 11.5 Å². The highest BCUT2D eigenvalue weighted by Crippen LogP contribution is 2.41. The van der Waals surface area contributed by atoms with Gasteiger partial charge in [0, 0.05) is 32.4 Å². The molecule has 3 aromatic heterocycles. The Kier molecular flexibility index (Phi) is 5.04. The number of rotatable bonds is 4. The summed E-state index contributed by atoms with van der Waals surface area (Å²) in [7, 11) is 0. The molecule has 9 nitrogen and oxygen atoms in total. The van der Waals surface area contributed by atoms with Gasteiger partial charge < -0.3 is 10.0 Å². The van der Waals surface area contributed by atoms with Gasteiger partial charge in [0.05, 0.1) is 11.3 Å². The highest BCUT2D eigenvalue weighted by Gasteiger charge is 2.41. The van der Waals surface area contributed by atoms with Crippen LogP contribution in [0, 0.1) is 23.7 Å². The van der Waals surface area contributed by atoms with Gasteiger partial charge in [0.15, 0.2) is 5.65 Å². The van der Waals surface area contributed by atoms with Crippen LogP contribution in [0.5, 0.6) is 0 Å². The van der Waals surface area contributed by atoms with Crippen molar-refractivity contribution in [3.63, 3.8) is 0 Å². The molecule has 3 aromatic rings. The fourth-order valence-electron chi connectivity index (χ4n) is 5.02. The van der Waals surface area contributed by atoms with E-state index in [1.807, 2.05) is 19.1 Å². The van der Waals surface area contributed by atoms with E-state index in [2.05, 4.69) is 36.1 Å². The lowest BCUT2D eigenvalue weighted by molar-refractivity contribution is 0.110. The maximum absolute atomic E-state index is 10.8. The van der Waals surface area contributed by atoms with Crippen molar-refractivity contribution in [1.29, 1.82) is 5.26 Å². The van der Waals surface area contributed by atoms with Crippen LogP contribution in [-0.2, 0) is 0 Å². The molecule has 2 fully saturated rings. The Morgan fingerprint density at radius 3 is 2.81 bits per heavy atom. The Balaban J connectivity index is 1.19. The lowest BCUT2D eigenvalue weighted by Crippen LogP contribution is -2.42. The van der Waals surface area contributed by atoms with Crippen molar-refractivity contribution in [2.75, 3.05) is 37.6 Å². The number of aliphatic hydroxyl groups is 1. The van der Waals surface area contributed by atoms with E-state index >= 15 is 0 Å². The summed E-state index contributed by atoms with van der Waals surface area (Å²) in [5, 5.41) is 32.3. The number of hydrogen-bond donors (Lipinski definition) is 1. The minimum Gasteiger partial charge on any atom is -0.385 e. The molecule has 0 aromatic carbocycles. The van der Waals surface area contributed by atoms with Crippen LogP contribution in [0.1, 0.15) is 42.2 Å². The molecule has 1 atom stereocenters. The minimum atomic E-state index is -0.636. The van der Waals surface area contributed by atoms with Crippen molar-refractivity contribution in [1.82, 2.24) is 29.7 Å². The quantitative estimate of drug-likeness (QED) is 0.683. The number of pyridine rings is 1. The van der Waals surface area contributed by atoms with Gasteiger partial charge in [0.1, 0.15) is 24.3 Å². The summed E-state index contributed by atoms with van der Waals surface area (Å²) < 4.78 is 1.72. The lowest BCUT2D eigenvalue weighted by Gasteiger charge is -2.40. The first-order valence-electron chi connectivity index (χ1n) is 10.7. The molecule has 31 heavy (non-hydrogen) atoms. The second kappa shape index (κ2) is 7.87. The minimum absolute atomic E-state index is 0.310. The number of likely N-dealkylation sites (tertiary alicyclic amines) is 1. The predicted octanol–water partition coefficient (Wildman–Crippen LogP) is 1.73. The molecule has 1 unspecified atom stereocenters. The first-order valence-corrected chi connectivity index (χ1v) is 10.7. The fourth-order valence-corrected chi connectivity index (χ4v) is 5.02. The molecule has 5 rings (SSSR count). The number of anilines is 1. The Bertz CT molecular complexity index is 1130. The van der Waals surface area contributed by atoms with E-state index in [1.165, 1.54) is 6.20 Å². The average molecular weight is 419 g/mol. The van der Waals surface area contributed by atoms with Crippen molar-refractivity contribution in [2.24, 2.45) is 5.41 Å². The number of nitriles is 1. The Hall–Kier alpha value is -3.09. The average Bonchev–Trinajstić information content (AvgIpc) is 3.40. The molecule has 1 spiro atoms. The van der Waals surface area contributed by atoms with Crippen LogP contribution in [0.15, 0.2) is 30.7 Å². The smallest absolute Gasteiger partial charge is 0.177 e. The van der Waals surface area contributed by atoms with Gasteiger partial charge in [-0.25, -0.2) is 0 Å². The number of aromatic nitrogens is 5. The number of hydrogen-bond acceptors (Lipinski definition) is 8. The van der Waals surface area contributed by atoms with Crippen LogP contribution >= 0.6 is 0 Å². The highest BCUT2D eigenvalue weighted by atomic mass is 16.3. The van der Waals surface area contributed by atoms with Gasteiger partial charge >= 0.3 is 0 Å². The van der Waals surface area contributed by atoms with Gasteiger partial charge in [-0.05, 0) is 61.9 Å². The maximum Gasteiger partial charge on any atom is 0.177 e. The van der Waals surface area contributed by atoms with Gasteiger partial charge in [0.2, 0.25) is 0 Å². The Morgan fingerprint density at radius 1 is 1.23 bits per heavy atom. The van der Waals surface area contributed by atoms with E-state index in [-0.39, 0.29) is 0 Å². The van der Waals surface area contributed by atoms with Crippen LogP contribution < -0.4 is 4.90 Å². The third-order valence-electron chi connectivity index (χ3n) is 6.81. The van der Waals surface area contributed by atoms with E-state index in [1.54, 1.807) is 16.9 Å². The number of nitrogens with zero attached hydrogens (tertiary/aromatic N) is 8. The van der Waals surface area contributed by atoms with Crippen molar-refractivity contribution in [3.8, 4) is 6.07 Å². The lowest BCUT2D eigenvalue weighted by atomic mass is 9.78. The molecular weight excluding hydrogens is 392 g/mol. The van der Waals surface area contributed by atoms with Gasteiger partial charge in [-0.1, -0.05) is 0 Å².